The summed E-state index contributed by atoms with van der Waals surface area (Å²) < 4.78 is 4.80. The highest BCUT2D eigenvalue weighted by atomic mass is 16.5. The standard InChI is InChI=1S/C40H43N11O4/c1-55-40(54)49-31(18-30-20-42-24-46-30)39(53)51-17-3-5-35(51)38-44-22-33(48-38)28-12-8-26(9-13-28)25-6-10-27(11-7-25)32-21-43-37(47-32)34-4-2-16-50(34)36(52)15-14-29-19-41-23-45-29/h6-13,19-24,31,34-35H,2-5,14-18H2,1H3,(H,41,45)(H,42,46)(H,43,47)(H,44,48)(H,49,54)/t31?,34-,35?/m0/s1. The first-order chi connectivity index (χ1) is 26.9. The maximum Gasteiger partial charge on any atom is 0.407 e. The number of alkyl carbamates (subject to hydrolysis) is 1. The molecule has 2 aliphatic heterocycles. The van der Waals surface area contributed by atoms with Crippen molar-refractivity contribution in [3.8, 4) is 33.6 Å². The number of amides is 3. The number of methoxy groups -OCH3 is 1. The van der Waals surface area contributed by atoms with Gasteiger partial charge in [0.1, 0.15) is 17.7 Å². The number of likely N-dealkylation sites (tertiary alicyclic amines) is 2. The number of benzene rings is 2. The first-order valence-corrected chi connectivity index (χ1v) is 18.6. The largest absolute Gasteiger partial charge is 0.453 e. The van der Waals surface area contributed by atoms with Crippen molar-refractivity contribution >= 4 is 17.9 Å². The molecule has 55 heavy (non-hydrogen) atoms. The SMILES string of the molecule is COC(=O)NC(Cc1cnc[nH]1)C(=O)N1CCCC1c1ncc(-c2ccc(-c3ccc(-c4cnc([C@@H]5CCCN5C(=O)CCc5cnc[nH]5)[nH]4)cc3)cc2)[nH]1. The molecule has 5 N–H and O–H groups in total. The summed E-state index contributed by atoms with van der Waals surface area (Å²) in [6, 6.07) is 15.5. The molecule has 0 saturated carbocycles. The second-order valence-corrected chi connectivity index (χ2v) is 14.0. The Kier molecular flexibility index (Phi) is 10.2. The quantitative estimate of drug-likeness (QED) is 0.108. The monoisotopic (exact) mass is 741 g/mol. The van der Waals surface area contributed by atoms with Crippen molar-refractivity contribution in [2.45, 2.75) is 63.1 Å². The highest BCUT2D eigenvalue weighted by Gasteiger charge is 2.37. The Morgan fingerprint density at radius 2 is 1.27 bits per heavy atom. The maximum atomic E-state index is 13.8. The summed E-state index contributed by atoms with van der Waals surface area (Å²) in [5, 5.41) is 2.69. The lowest BCUT2D eigenvalue weighted by atomic mass is 10.0. The van der Waals surface area contributed by atoms with E-state index in [0.29, 0.717) is 25.2 Å². The number of nitrogens with zero attached hydrogens (tertiary/aromatic N) is 6. The second kappa shape index (κ2) is 15.8. The van der Waals surface area contributed by atoms with E-state index in [1.165, 1.54) is 7.11 Å². The summed E-state index contributed by atoms with van der Waals surface area (Å²) in [6.07, 6.45) is 14.3. The van der Waals surface area contributed by atoms with E-state index in [1.807, 2.05) is 11.1 Å². The third kappa shape index (κ3) is 7.77. The average molecular weight is 742 g/mol. The molecule has 2 fully saturated rings. The zero-order chi connectivity index (χ0) is 37.7. The van der Waals surface area contributed by atoms with Crippen LogP contribution in [0, 0.1) is 0 Å². The molecule has 15 nitrogen and oxygen atoms in total. The molecule has 3 atom stereocenters. The van der Waals surface area contributed by atoms with E-state index in [-0.39, 0.29) is 30.3 Å². The van der Waals surface area contributed by atoms with Gasteiger partial charge in [-0.3, -0.25) is 9.59 Å². The number of nitrogens with one attached hydrogen (secondary N) is 5. The number of ether oxygens (including phenoxy) is 1. The summed E-state index contributed by atoms with van der Waals surface area (Å²) in [4.78, 5) is 73.2. The van der Waals surface area contributed by atoms with Crippen LogP contribution in [0.2, 0.25) is 0 Å². The first-order valence-electron chi connectivity index (χ1n) is 18.6. The van der Waals surface area contributed by atoms with Gasteiger partial charge in [0.15, 0.2) is 0 Å². The van der Waals surface area contributed by atoms with Crippen molar-refractivity contribution in [3.63, 3.8) is 0 Å². The topological polar surface area (TPSA) is 194 Å². The van der Waals surface area contributed by atoms with E-state index in [9.17, 15) is 14.4 Å². The highest BCUT2D eigenvalue weighted by molar-refractivity contribution is 5.86. The fraction of sp³-hybridized carbons (Fsp3) is 0.325. The predicted molar refractivity (Wildman–Crippen MR) is 203 cm³/mol. The van der Waals surface area contributed by atoms with E-state index in [4.69, 9.17) is 9.72 Å². The minimum Gasteiger partial charge on any atom is -0.453 e. The van der Waals surface area contributed by atoms with Crippen molar-refractivity contribution in [1.82, 2.24) is 55.0 Å². The second-order valence-electron chi connectivity index (χ2n) is 14.0. The highest BCUT2D eigenvalue weighted by Crippen LogP contribution is 2.34. The lowest BCUT2D eigenvalue weighted by Crippen LogP contribution is -2.49. The van der Waals surface area contributed by atoms with Crippen LogP contribution in [0.5, 0.6) is 0 Å². The van der Waals surface area contributed by atoms with Crippen LogP contribution in [-0.4, -0.2) is 93.8 Å². The van der Waals surface area contributed by atoms with Crippen LogP contribution in [-0.2, 0) is 27.2 Å². The number of hydrogen-bond donors (Lipinski definition) is 5. The van der Waals surface area contributed by atoms with Crippen molar-refractivity contribution in [2.24, 2.45) is 0 Å². The molecule has 15 heteroatoms. The van der Waals surface area contributed by atoms with Crippen LogP contribution >= 0.6 is 0 Å². The molecular formula is C40H43N11O4. The van der Waals surface area contributed by atoms with Gasteiger partial charge < -0.3 is 39.8 Å². The van der Waals surface area contributed by atoms with Gasteiger partial charge in [-0.2, -0.15) is 0 Å². The van der Waals surface area contributed by atoms with Crippen LogP contribution in [0.4, 0.5) is 4.79 Å². The minimum atomic E-state index is -0.814. The van der Waals surface area contributed by atoms with E-state index in [2.05, 4.69) is 88.7 Å². The third-order valence-electron chi connectivity index (χ3n) is 10.6. The first kappa shape index (κ1) is 35.5. The van der Waals surface area contributed by atoms with Crippen molar-refractivity contribution in [3.05, 3.63) is 109 Å². The number of H-pyrrole nitrogens is 4. The minimum absolute atomic E-state index is 0.0490. The number of hydrogen-bond acceptors (Lipinski definition) is 8. The van der Waals surface area contributed by atoms with Gasteiger partial charge in [-0.15, -0.1) is 0 Å². The number of aromatic amines is 4. The van der Waals surface area contributed by atoms with Crippen molar-refractivity contribution in [1.29, 1.82) is 0 Å². The van der Waals surface area contributed by atoms with E-state index in [1.54, 1.807) is 36.1 Å². The molecular weight excluding hydrogens is 699 g/mol. The van der Waals surface area contributed by atoms with E-state index < -0.39 is 12.1 Å². The maximum absolute atomic E-state index is 13.8. The lowest BCUT2D eigenvalue weighted by Gasteiger charge is -2.28. The Morgan fingerprint density at radius 1 is 0.745 bits per heavy atom. The lowest BCUT2D eigenvalue weighted by molar-refractivity contribution is -0.134. The summed E-state index contributed by atoms with van der Waals surface area (Å²) in [6.45, 7) is 1.30. The summed E-state index contributed by atoms with van der Waals surface area (Å²) in [5.41, 5.74) is 7.62. The van der Waals surface area contributed by atoms with E-state index >= 15 is 0 Å². The summed E-state index contributed by atoms with van der Waals surface area (Å²) in [5.74, 6) is 1.46. The third-order valence-corrected chi connectivity index (χ3v) is 10.6. The molecule has 2 aromatic carbocycles. The van der Waals surface area contributed by atoms with Gasteiger partial charge in [-0.25, -0.2) is 24.7 Å². The van der Waals surface area contributed by atoms with Gasteiger partial charge in [-0.1, -0.05) is 48.5 Å². The normalized spacial score (nSPS) is 17.4. The molecule has 3 amide bonds. The van der Waals surface area contributed by atoms with Crippen molar-refractivity contribution < 1.29 is 19.1 Å². The number of carbonyl (C=O) groups is 3. The van der Waals surface area contributed by atoms with Gasteiger partial charge in [0.2, 0.25) is 11.8 Å². The fourth-order valence-electron chi connectivity index (χ4n) is 7.68. The van der Waals surface area contributed by atoms with Gasteiger partial charge in [0.05, 0.1) is 55.6 Å². The number of imidazole rings is 4. The molecule has 8 rings (SSSR count). The number of aromatic nitrogens is 8. The zero-order valence-corrected chi connectivity index (χ0v) is 30.5. The Labute approximate surface area is 317 Å². The molecule has 0 spiro atoms. The Bertz CT molecular complexity index is 2210. The number of carbonyl (C=O) groups excluding carboxylic acids is 3. The van der Waals surface area contributed by atoms with Gasteiger partial charge in [0, 0.05) is 49.7 Å². The zero-order valence-electron chi connectivity index (χ0n) is 30.5. The predicted octanol–water partition coefficient (Wildman–Crippen LogP) is 5.51. The van der Waals surface area contributed by atoms with Gasteiger partial charge in [-0.05, 0) is 54.4 Å². The van der Waals surface area contributed by atoms with Crippen LogP contribution in [0.1, 0.15) is 67.2 Å². The Morgan fingerprint density at radius 3 is 1.82 bits per heavy atom. The number of aryl methyl sites for hydroxylation is 1. The molecule has 2 unspecified atom stereocenters. The Balaban J connectivity index is 0.904. The molecule has 2 aliphatic rings. The van der Waals surface area contributed by atoms with E-state index in [0.717, 1.165) is 83.1 Å². The molecule has 4 aromatic heterocycles. The summed E-state index contributed by atoms with van der Waals surface area (Å²) in [7, 11) is 1.28. The molecule has 6 aromatic rings. The Hall–Kier alpha value is -6.51. The van der Waals surface area contributed by atoms with Gasteiger partial charge in [0.25, 0.3) is 0 Å². The summed E-state index contributed by atoms with van der Waals surface area (Å²) >= 11 is 0. The molecule has 0 aliphatic carbocycles. The van der Waals surface area contributed by atoms with Gasteiger partial charge >= 0.3 is 6.09 Å². The number of rotatable bonds is 12. The molecule has 2 saturated heterocycles. The fourth-order valence-corrected chi connectivity index (χ4v) is 7.68. The van der Waals surface area contributed by atoms with Crippen LogP contribution in [0.25, 0.3) is 33.6 Å². The average Bonchev–Trinajstić information content (AvgIpc) is 4.07. The van der Waals surface area contributed by atoms with Crippen LogP contribution < -0.4 is 5.32 Å². The molecule has 0 bridgehead atoms. The molecule has 6 heterocycles. The van der Waals surface area contributed by atoms with Crippen LogP contribution in [0.15, 0.2) is 86.0 Å². The molecule has 282 valence electrons. The smallest absolute Gasteiger partial charge is 0.407 e. The van der Waals surface area contributed by atoms with Crippen molar-refractivity contribution in [2.75, 3.05) is 20.2 Å². The molecule has 0 radical (unpaired) electrons. The van der Waals surface area contributed by atoms with Crippen LogP contribution in [0.3, 0.4) is 0 Å².